The molecule has 138 valence electrons. The predicted octanol–water partition coefficient (Wildman–Crippen LogP) is 2.62. The highest BCUT2D eigenvalue weighted by Gasteiger charge is 2.36. The lowest BCUT2D eigenvalue weighted by Gasteiger charge is -2.36. The first-order chi connectivity index (χ1) is 10.7. The third kappa shape index (κ3) is 12.6. The Balaban J connectivity index is 3.30. The van der Waals surface area contributed by atoms with Crippen LogP contribution in [-0.2, 0) is 28.2 Å². The second kappa shape index (κ2) is 12.0. The van der Waals surface area contributed by atoms with E-state index in [2.05, 4.69) is 33.9 Å². The van der Waals surface area contributed by atoms with Crippen LogP contribution in [0.5, 0.6) is 0 Å². The van der Waals surface area contributed by atoms with Crippen molar-refractivity contribution in [2.75, 3.05) is 52.9 Å². The molecule has 0 spiro atoms. The monoisotopic (exact) mass is 350 g/mol. The van der Waals surface area contributed by atoms with Gasteiger partial charge in [-0.3, -0.25) is 4.79 Å². The molecule has 0 aliphatic rings. The molecule has 0 unspecified atom stereocenters. The molecule has 0 radical (unpaired) electrons. The topological polar surface area (TPSA) is 63.2 Å². The molecule has 0 heterocycles. The van der Waals surface area contributed by atoms with E-state index in [0.29, 0.717) is 46.2 Å². The third-order valence-corrected chi connectivity index (χ3v) is 8.31. The van der Waals surface area contributed by atoms with Gasteiger partial charge in [-0.25, -0.2) is 0 Å². The van der Waals surface area contributed by atoms with Crippen LogP contribution in [0.3, 0.4) is 0 Å². The Morgan fingerprint density at radius 3 is 1.57 bits per heavy atom. The molecule has 0 atom stereocenters. The Bertz CT molecular complexity index is 314. The van der Waals surface area contributed by atoms with E-state index in [0.717, 1.165) is 0 Å². The number of carbonyl (C=O) groups excluding carboxylic acids is 1. The van der Waals surface area contributed by atoms with Crippen molar-refractivity contribution in [3.8, 4) is 0 Å². The summed E-state index contributed by atoms with van der Waals surface area (Å²) in [5.74, 6) is -0.292. The van der Waals surface area contributed by atoms with E-state index in [-0.39, 0.29) is 17.6 Å². The van der Waals surface area contributed by atoms with Gasteiger partial charge >= 0.3 is 5.97 Å². The first-order valence-corrected chi connectivity index (χ1v) is 11.1. The summed E-state index contributed by atoms with van der Waals surface area (Å²) in [6.07, 6.45) is 0. The summed E-state index contributed by atoms with van der Waals surface area (Å²) in [4.78, 5) is 10.5. The zero-order chi connectivity index (χ0) is 17.8. The van der Waals surface area contributed by atoms with E-state index in [4.69, 9.17) is 23.4 Å². The van der Waals surface area contributed by atoms with Crippen LogP contribution in [0, 0.1) is 0 Å². The number of carbonyl (C=O) groups is 1. The standard InChI is InChI=1S/C16H34O6Si/c1-15(17)21-13-11-19-9-7-18-8-10-20-12-14-22-23(5,6)16(2,3)4/h7-14H2,1-6H3. The Hall–Kier alpha value is -0.473. The van der Waals surface area contributed by atoms with E-state index >= 15 is 0 Å². The quantitative estimate of drug-likeness (QED) is 0.289. The summed E-state index contributed by atoms with van der Waals surface area (Å²) in [7, 11) is -1.67. The summed E-state index contributed by atoms with van der Waals surface area (Å²) >= 11 is 0. The van der Waals surface area contributed by atoms with Crippen LogP contribution in [-0.4, -0.2) is 67.1 Å². The molecule has 0 aliphatic heterocycles. The summed E-state index contributed by atoms with van der Waals surface area (Å²) in [5, 5.41) is 0.228. The first-order valence-electron chi connectivity index (χ1n) is 8.17. The van der Waals surface area contributed by atoms with Gasteiger partial charge in [-0.05, 0) is 18.1 Å². The number of hydrogen-bond acceptors (Lipinski definition) is 6. The zero-order valence-electron chi connectivity index (χ0n) is 15.6. The average Bonchev–Trinajstić information content (AvgIpc) is 2.42. The maximum atomic E-state index is 10.5. The van der Waals surface area contributed by atoms with Crippen molar-refractivity contribution in [1.29, 1.82) is 0 Å². The van der Waals surface area contributed by atoms with Crippen molar-refractivity contribution < 1.29 is 28.2 Å². The molecule has 0 saturated carbocycles. The fourth-order valence-corrected chi connectivity index (χ4v) is 2.39. The van der Waals surface area contributed by atoms with Crippen LogP contribution in [0.4, 0.5) is 0 Å². The van der Waals surface area contributed by atoms with Gasteiger partial charge in [-0.2, -0.15) is 0 Å². The minimum atomic E-state index is -1.67. The Kier molecular flexibility index (Phi) is 11.7. The highest BCUT2D eigenvalue weighted by atomic mass is 28.4. The Morgan fingerprint density at radius 2 is 1.17 bits per heavy atom. The molecular weight excluding hydrogens is 316 g/mol. The summed E-state index contributed by atoms with van der Waals surface area (Å²) in [6.45, 7) is 16.5. The summed E-state index contributed by atoms with van der Waals surface area (Å²) < 4.78 is 26.8. The SMILES string of the molecule is CC(=O)OCCOCCOCCOCCO[Si](C)(C)C(C)(C)C. The van der Waals surface area contributed by atoms with E-state index in [1.54, 1.807) is 0 Å². The maximum Gasteiger partial charge on any atom is 0.302 e. The molecule has 23 heavy (non-hydrogen) atoms. The number of rotatable bonds is 13. The fourth-order valence-electron chi connectivity index (χ4n) is 1.36. The van der Waals surface area contributed by atoms with Gasteiger partial charge in [-0.1, -0.05) is 20.8 Å². The molecule has 6 nitrogen and oxygen atoms in total. The highest BCUT2D eigenvalue weighted by molar-refractivity contribution is 6.74. The van der Waals surface area contributed by atoms with E-state index in [1.807, 2.05) is 0 Å². The molecule has 7 heteroatoms. The molecule has 0 saturated heterocycles. The average molecular weight is 351 g/mol. The summed E-state index contributed by atoms with van der Waals surface area (Å²) in [5.41, 5.74) is 0. The van der Waals surface area contributed by atoms with Crippen LogP contribution in [0.2, 0.25) is 18.1 Å². The van der Waals surface area contributed by atoms with Crippen molar-refractivity contribution in [3.05, 3.63) is 0 Å². The molecule has 0 amide bonds. The molecule has 0 bridgehead atoms. The van der Waals surface area contributed by atoms with Crippen molar-refractivity contribution in [2.24, 2.45) is 0 Å². The van der Waals surface area contributed by atoms with E-state index in [1.165, 1.54) is 6.92 Å². The third-order valence-electron chi connectivity index (χ3n) is 3.77. The van der Waals surface area contributed by atoms with Gasteiger partial charge < -0.3 is 23.4 Å². The van der Waals surface area contributed by atoms with Crippen LogP contribution < -0.4 is 0 Å². The lowest BCUT2D eigenvalue weighted by molar-refractivity contribution is -0.142. The van der Waals surface area contributed by atoms with Gasteiger partial charge in [0.15, 0.2) is 8.32 Å². The largest absolute Gasteiger partial charge is 0.463 e. The molecule has 0 aromatic rings. The molecule has 0 aromatic carbocycles. The fraction of sp³-hybridized carbons (Fsp3) is 0.938. The van der Waals surface area contributed by atoms with E-state index in [9.17, 15) is 4.79 Å². The van der Waals surface area contributed by atoms with Gasteiger partial charge in [0, 0.05) is 6.92 Å². The van der Waals surface area contributed by atoms with Gasteiger partial charge in [-0.15, -0.1) is 0 Å². The second-order valence-electron chi connectivity index (χ2n) is 6.79. The Labute approximate surface area is 141 Å². The summed E-state index contributed by atoms with van der Waals surface area (Å²) in [6, 6.07) is 0. The molecule has 0 aliphatic carbocycles. The maximum absolute atomic E-state index is 10.5. The highest BCUT2D eigenvalue weighted by Crippen LogP contribution is 2.36. The van der Waals surface area contributed by atoms with E-state index < -0.39 is 8.32 Å². The second-order valence-corrected chi connectivity index (χ2v) is 11.6. The van der Waals surface area contributed by atoms with Crippen molar-refractivity contribution in [1.82, 2.24) is 0 Å². The molecule has 0 N–H and O–H groups in total. The smallest absolute Gasteiger partial charge is 0.302 e. The van der Waals surface area contributed by atoms with Crippen molar-refractivity contribution in [2.45, 2.75) is 45.8 Å². The van der Waals surface area contributed by atoms with Crippen LogP contribution in [0.15, 0.2) is 0 Å². The van der Waals surface area contributed by atoms with Gasteiger partial charge in [0.1, 0.15) is 6.61 Å². The molecule has 0 fully saturated rings. The van der Waals surface area contributed by atoms with Crippen LogP contribution >= 0.6 is 0 Å². The van der Waals surface area contributed by atoms with Crippen LogP contribution in [0.1, 0.15) is 27.7 Å². The zero-order valence-corrected chi connectivity index (χ0v) is 16.6. The molecular formula is C16H34O6Si. The lowest BCUT2D eigenvalue weighted by Crippen LogP contribution is -2.41. The molecule has 0 rings (SSSR count). The van der Waals surface area contributed by atoms with Gasteiger partial charge in [0.05, 0.1) is 46.2 Å². The number of hydrogen-bond donors (Lipinski definition) is 0. The lowest BCUT2D eigenvalue weighted by atomic mass is 10.2. The minimum absolute atomic E-state index is 0.228. The van der Waals surface area contributed by atoms with Crippen LogP contribution in [0.25, 0.3) is 0 Å². The number of ether oxygens (including phenoxy) is 4. The molecule has 0 aromatic heterocycles. The number of esters is 1. The Morgan fingerprint density at radius 1 is 0.783 bits per heavy atom. The minimum Gasteiger partial charge on any atom is -0.463 e. The van der Waals surface area contributed by atoms with Gasteiger partial charge in [0.2, 0.25) is 0 Å². The van der Waals surface area contributed by atoms with Crippen molar-refractivity contribution >= 4 is 14.3 Å². The normalized spacial score (nSPS) is 12.4. The predicted molar refractivity (Wildman–Crippen MR) is 92.2 cm³/mol. The first kappa shape index (κ1) is 22.5. The van der Waals surface area contributed by atoms with Gasteiger partial charge in [0.25, 0.3) is 0 Å². The van der Waals surface area contributed by atoms with Crippen molar-refractivity contribution in [3.63, 3.8) is 0 Å².